The van der Waals surface area contributed by atoms with Gasteiger partial charge in [-0.05, 0) is 19.3 Å². The molecule has 0 aromatic carbocycles. The summed E-state index contributed by atoms with van der Waals surface area (Å²) in [6.45, 7) is 3.92. The maximum absolute atomic E-state index is 11.3. The third-order valence-electron chi connectivity index (χ3n) is 2.66. The Kier molecular flexibility index (Phi) is 12.1. The second-order valence-electron chi connectivity index (χ2n) is 4.86. The summed E-state index contributed by atoms with van der Waals surface area (Å²) in [6, 6.07) is 0. The number of aliphatic carboxylic acids is 1. The first-order valence-corrected chi connectivity index (χ1v) is 7.64. The molecule has 0 heterocycles. The van der Waals surface area contributed by atoms with Crippen LogP contribution >= 0.6 is 0 Å². The van der Waals surface area contributed by atoms with Crippen molar-refractivity contribution < 1.29 is 33.7 Å². The molecular formula is C15H26O7. The van der Waals surface area contributed by atoms with Crippen LogP contribution in [0, 0.1) is 0 Å². The summed E-state index contributed by atoms with van der Waals surface area (Å²) in [6.07, 6.45) is 1.79. The van der Waals surface area contributed by atoms with Crippen molar-refractivity contribution in [3.63, 3.8) is 0 Å². The van der Waals surface area contributed by atoms with Gasteiger partial charge in [0.1, 0.15) is 19.3 Å². The van der Waals surface area contributed by atoms with Crippen molar-refractivity contribution in [2.75, 3.05) is 19.8 Å². The van der Waals surface area contributed by atoms with E-state index >= 15 is 0 Å². The van der Waals surface area contributed by atoms with Gasteiger partial charge in [-0.2, -0.15) is 0 Å². The number of ether oxygens (including phenoxy) is 3. The fraction of sp³-hybridized carbons (Fsp3) is 0.800. The zero-order chi connectivity index (χ0) is 16.8. The molecule has 0 aliphatic carbocycles. The molecule has 0 saturated heterocycles. The van der Waals surface area contributed by atoms with Gasteiger partial charge in [-0.1, -0.05) is 13.8 Å². The number of hydrogen-bond donors (Lipinski definition) is 1. The molecule has 0 unspecified atom stereocenters. The number of carbonyl (C=O) groups excluding carboxylic acids is 2. The highest BCUT2D eigenvalue weighted by Gasteiger charge is 2.15. The van der Waals surface area contributed by atoms with Crippen molar-refractivity contribution in [2.24, 2.45) is 0 Å². The van der Waals surface area contributed by atoms with Gasteiger partial charge >= 0.3 is 17.9 Å². The lowest BCUT2D eigenvalue weighted by Gasteiger charge is -2.18. The number of carboxylic acids is 1. The van der Waals surface area contributed by atoms with Crippen LogP contribution < -0.4 is 0 Å². The van der Waals surface area contributed by atoms with Gasteiger partial charge in [-0.25, -0.2) is 0 Å². The SMILES string of the molecule is CCCC(=O)OCC(COC(=O)CCC)OCCCC(=O)O. The van der Waals surface area contributed by atoms with Crippen molar-refractivity contribution in [2.45, 2.75) is 58.5 Å². The molecule has 1 N–H and O–H groups in total. The maximum Gasteiger partial charge on any atom is 0.305 e. The summed E-state index contributed by atoms with van der Waals surface area (Å²) >= 11 is 0. The van der Waals surface area contributed by atoms with Crippen LogP contribution in [0.15, 0.2) is 0 Å². The van der Waals surface area contributed by atoms with Gasteiger partial charge in [0.25, 0.3) is 0 Å². The Morgan fingerprint density at radius 2 is 1.41 bits per heavy atom. The normalized spacial score (nSPS) is 10.5. The van der Waals surface area contributed by atoms with Gasteiger partial charge in [0.15, 0.2) is 0 Å². The minimum Gasteiger partial charge on any atom is -0.481 e. The molecular weight excluding hydrogens is 292 g/mol. The van der Waals surface area contributed by atoms with Gasteiger partial charge in [0.05, 0.1) is 0 Å². The van der Waals surface area contributed by atoms with Gasteiger partial charge in [0, 0.05) is 25.9 Å². The molecule has 0 aliphatic rings. The Bertz CT molecular complexity index is 319. The van der Waals surface area contributed by atoms with E-state index < -0.39 is 12.1 Å². The number of esters is 2. The van der Waals surface area contributed by atoms with Crippen molar-refractivity contribution in [3.05, 3.63) is 0 Å². The van der Waals surface area contributed by atoms with Crippen LogP contribution in [0.25, 0.3) is 0 Å². The fourth-order valence-electron chi connectivity index (χ4n) is 1.54. The predicted molar refractivity (Wildman–Crippen MR) is 78.3 cm³/mol. The molecule has 7 nitrogen and oxygen atoms in total. The highest BCUT2D eigenvalue weighted by molar-refractivity contribution is 5.69. The van der Waals surface area contributed by atoms with Crippen molar-refractivity contribution in [1.29, 1.82) is 0 Å². The van der Waals surface area contributed by atoms with Crippen molar-refractivity contribution >= 4 is 17.9 Å². The van der Waals surface area contributed by atoms with E-state index in [2.05, 4.69) is 0 Å². The molecule has 22 heavy (non-hydrogen) atoms. The van der Waals surface area contributed by atoms with Crippen molar-refractivity contribution in [1.82, 2.24) is 0 Å². The van der Waals surface area contributed by atoms with E-state index in [4.69, 9.17) is 19.3 Å². The largest absolute Gasteiger partial charge is 0.481 e. The smallest absolute Gasteiger partial charge is 0.305 e. The molecule has 0 aliphatic heterocycles. The second kappa shape index (κ2) is 13.1. The Balaban J connectivity index is 4.14. The van der Waals surface area contributed by atoms with Crippen LogP contribution in [0.4, 0.5) is 0 Å². The lowest BCUT2D eigenvalue weighted by atomic mass is 10.3. The van der Waals surface area contributed by atoms with Gasteiger partial charge in [-0.15, -0.1) is 0 Å². The summed E-state index contributed by atoms with van der Waals surface area (Å²) in [7, 11) is 0. The minimum atomic E-state index is -0.899. The number of rotatable bonds is 13. The lowest BCUT2D eigenvalue weighted by Crippen LogP contribution is -2.29. The van der Waals surface area contributed by atoms with Crippen LogP contribution in [-0.4, -0.2) is 48.9 Å². The first kappa shape index (κ1) is 20.4. The van der Waals surface area contributed by atoms with E-state index in [9.17, 15) is 14.4 Å². The molecule has 0 atom stereocenters. The quantitative estimate of drug-likeness (QED) is 0.409. The Hall–Kier alpha value is -1.63. The summed E-state index contributed by atoms with van der Waals surface area (Å²) < 4.78 is 15.5. The highest BCUT2D eigenvalue weighted by atomic mass is 16.6. The molecule has 0 amide bonds. The first-order chi connectivity index (χ1) is 10.5. The molecule has 0 spiro atoms. The van der Waals surface area contributed by atoms with E-state index in [1.807, 2.05) is 13.8 Å². The van der Waals surface area contributed by atoms with Gasteiger partial charge in [0.2, 0.25) is 0 Å². The Morgan fingerprint density at radius 3 is 1.82 bits per heavy atom. The molecule has 0 aromatic heterocycles. The van der Waals surface area contributed by atoms with E-state index in [0.717, 1.165) is 0 Å². The standard InChI is InChI=1S/C15H26O7/c1-3-6-14(18)21-10-12(11-22-15(19)7-4-2)20-9-5-8-13(16)17/h12H,3-11H2,1-2H3,(H,16,17). The van der Waals surface area contributed by atoms with E-state index in [-0.39, 0.29) is 38.2 Å². The fourth-order valence-corrected chi connectivity index (χ4v) is 1.54. The Labute approximate surface area is 130 Å². The number of carbonyl (C=O) groups is 3. The lowest BCUT2D eigenvalue weighted by molar-refractivity contribution is -0.155. The molecule has 0 saturated carbocycles. The zero-order valence-corrected chi connectivity index (χ0v) is 13.3. The summed E-state index contributed by atoms with van der Waals surface area (Å²) in [4.78, 5) is 33.1. The summed E-state index contributed by atoms with van der Waals surface area (Å²) in [5.74, 6) is -1.56. The van der Waals surface area contributed by atoms with Crippen LogP contribution in [0.5, 0.6) is 0 Å². The average molecular weight is 318 g/mol. The van der Waals surface area contributed by atoms with E-state index in [1.165, 1.54) is 0 Å². The average Bonchev–Trinajstić information content (AvgIpc) is 2.45. The van der Waals surface area contributed by atoms with E-state index in [0.29, 0.717) is 32.1 Å². The van der Waals surface area contributed by atoms with E-state index in [1.54, 1.807) is 0 Å². The van der Waals surface area contributed by atoms with Crippen LogP contribution in [-0.2, 0) is 28.6 Å². The topological polar surface area (TPSA) is 99.1 Å². The molecule has 0 rings (SSSR count). The second-order valence-corrected chi connectivity index (χ2v) is 4.86. The molecule has 0 aromatic rings. The first-order valence-electron chi connectivity index (χ1n) is 7.64. The zero-order valence-electron chi connectivity index (χ0n) is 13.3. The molecule has 7 heteroatoms. The monoisotopic (exact) mass is 318 g/mol. The minimum absolute atomic E-state index is 0.00202. The third kappa shape index (κ3) is 12.1. The molecule has 0 radical (unpaired) electrons. The number of carboxylic acid groups (broad SMARTS) is 1. The number of hydrogen-bond acceptors (Lipinski definition) is 6. The van der Waals surface area contributed by atoms with Crippen LogP contribution in [0.3, 0.4) is 0 Å². The third-order valence-corrected chi connectivity index (χ3v) is 2.66. The maximum atomic E-state index is 11.3. The molecule has 128 valence electrons. The van der Waals surface area contributed by atoms with Gasteiger partial charge in [-0.3, -0.25) is 14.4 Å². The molecule has 0 fully saturated rings. The molecule has 0 bridgehead atoms. The van der Waals surface area contributed by atoms with Crippen LogP contribution in [0.1, 0.15) is 52.4 Å². The predicted octanol–water partition coefficient (Wildman–Crippen LogP) is 1.92. The van der Waals surface area contributed by atoms with Crippen molar-refractivity contribution in [3.8, 4) is 0 Å². The Morgan fingerprint density at radius 1 is 0.909 bits per heavy atom. The summed E-state index contributed by atoms with van der Waals surface area (Å²) in [5, 5.41) is 8.55. The van der Waals surface area contributed by atoms with Gasteiger partial charge < -0.3 is 19.3 Å². The highest BCUT2D eigenvalue weighted by Crippen LogP contribution is 2.02. The van der Waals surface area contributed by atoms with Crippen LogP contribution in [0.2, 0.25) is 0 Å². The summed E-state index contributed by atoms with van der Waals surface area (Å²) in [5.41, 5.74) is 0.